The summed E-state index contributed by atoms with van der Waals surface area (Å²) < 4.78 is 6.39. The fourth-order valence-electron chi connectivity index (χ4n) is 4.04. The molecule has 1 aliphatic rings. The Morgan fingerprint density at radius 1 is 0.885 bits per heavy atom. The molecule has 5 rings (SSSR count). The van der Waals surface area contributed by atoms with Gasteiger partial charge in [-0.05, 0) is 36.2 Å². The van der Waals surface area contributed by atoms with Gasteiger partial charge in [0.25, 0.3) is 0 Å². The second-order valence-electron chi connectivity index (χ2n) is 6.99. The molecule has 1 N–H and O–H groups in total. The molecule has 0 bridgehead atoms. The van der Waals surface area contributed by atoms with Gasteiger partial charge in [0.2, 0.25) is 0 Å². The SMILES string of the molecule is CC1=C[N-][NH+](C)C(c2c(C)c3ccccc3c3c2oc2ccccc23)=C1. The van der Waals surface area contributed by atoms with Crippen LogP contribution in [0.3, 0.4) is 0 Å². The molecule has 0 saturated carbocycles. The van der Waals surface area contributed by atoms with Crippen molar-refractivity contribution in [3.63, 3.8) is 0 Å². The number of furan rings is 1. The van der Waals surface area contributed by atoms with Crippen LogP contribution in [-0.2, 0) is 0 Å². The Balaban J connectivity index is 2.03. The van der Waals surface area contributed by atoms with Gasteiger partial charge in [-0.3, -0.25) is 0 Å². The molecule has 1 atom stereocenters. The Morgan fingerprint density at radius 3 is 2.38 bits per heavy atom. The summed E-state index contributed by atoms with van der Waals surface area (Å²) in [7, 11) is 2.07. The Hall–Kier alpha value is -3.04. The number of fused-ring (bicyclic) bond motifs is 5. The summed E-state index contributed by atoms with van der Waals surface area (Å²) in [5.74, 6) is 0. The number of nitrogens with one attached hydrogen (secondary N) is 1. The van der Waals surface area contributed by atoms with E-state index in [1.54, 1.807) is 0 Å². The average molecular weight is 340 g/mol. The Bertz CT molecular complexity index is 1240. The van der Waals surface area contributed by atoms with Gasteiger partial charge < -0.3 is 14.9 Å². The standard InChI is InChI=1S/C23H20N2O/c1-14-12-19(25(3)24-13-14)21-15(2)16-8-4-5-9-17(16)22-18-10-6-7-11-20(18)26-23(21)22/h4-13,25H,1-3H3. The maximum atomic E-state index is 6.39. The average Bonchev–Trinajstić information content (AvgIpc) is 3.04. The van der Waals surface area contributed by atoms with Gasteiger partial charge >= 0.3 is 0 Å². The molecule has 26 heavy (non-hydrogen) atoms. The number of benzene rings is 3. The first kappa shape index (κ1) is 15.2. The van der Waals surface area contributed by atoms with E-state index in [1.165, 1.54) is 27.1 Å². The van der Waals surface area contributed by atoms with Crippen molar-refractivity contribution in [3.05, 3.63) is 82.9 Å². The highest BCUT2D eigenvalue weighted by atomic mass is 16.3. The van der Waals surface area contributed by atoms with Crippen molar-refractivity contribution >= 4 is 38.4 Å². The number of quaternary nitrogens is 1. The van der Waals surface area contributed by atoms with Crippen LogP contribution in [0.2, 0.25) is 0 Å². The molecule has 3 heteroatoms. The van der Waals surface area contributed by atoms with Crippen LogP contribution >= 0.6 is 0 Å². The fraction of sp³-hybridized carbons (Fsp3) is 0.130. The highest BCUT2D eigenvalue weighted by molar-refractivity contribution is 6.22. The van der Waals surface area contributed by atoms with E-state index >= 15 is 0 Å². The molecule has 128 valence electrons. The quantitative estimate of drug-likeness (QED) is 0.513. The van der Waals surface area contributed by atoms with Gasteiger partial charge in [-0.25, -0.2) is 0 Å². The zero-order chi connectivity index (χ0) is 17.8. The molecule has 0 amide bonds. The molecule has 0 aliphatic carbocycles. The van der Waals surface area contributed by atoms with Crippen molar-refractivity contribution in [2.75, 3.05) is 7.05 Å². The predicted molar refractivity (Wildman–Crippen MR) is 108 cm³/mol. The molecule has 2 heterocycles. The second kappa shape index (κ2) is 5.48. The fourth-order valence-corrected chi connectivity index (χ4v) is 4.04. The van der Waals surface area contributed by atoms with Gasteiger partial charge in [0.15, 0.2) is 0 Å². The van der Waals surface area contributed by atoms with Crippen molar-refractivity contribution in [2.24, 2.45) is 0 Å². The smallest absolute Gasteiger partial charge is 0.149 e. The maximum Gasteiger partial charge on any atom is 0.149 e. The van der Waals surface area contributed by atoms with E-state index in [0.29, 0.717) is 0 Å². The zero-order valence-electron chi connectivity index (χ0n) is 15.1. The monoisotopic (exact) mass is 340 g/mol. The maximum absolute atomic E-state index is 6.39. The minimum absolute atomic E-state index is 0.928. The largest absolute Gasteiger partial charge is 0.490 e. The molecule has 3 nitrogen and oxygen atoms in total. The van der Waals surface area contributed by atoms with E-state index < -0.39 is 0 Å². The molecule has 3 aromatic carbocycles. The van der Waals surface area contributed by atoms with Crippen LogP contribution in [0.25, 0.3) is 43.8 Å². The Morgan fingerprint density at radius 2 is 1.58 bits per heavy atom. The van der Waals surface area contributed by atoms with Crippen molar-refractivity contribution in [2.45, 2.75) is 13.8 Å². The van der Waals surface area contributed by atoms with Crippen LogP contribution in [0.15, 0.2) is 70.8 Å². The van der Waals surface area contributed by atoms with Crippen LogP contribution in [-0.4, -0.2) is 7.05 Å². The van der Waals surface area contributed by atoms with Gasteiger partial charge in [-0.2, -0.15) is 0 Å². The highest BCUT2D eigenvalue weighted by Gasteiger charge is 2.23. The first-order valence-electron chi connectivity index (χ1n) is 8.91. The number of rotatable bonds is 1. The zero-order valence-corrected chi connectivity index (χ0v) is 15.1. The van der Waals surface area contributed by atoms with E-state index in [1.807, 2.05) is 18.3 Å². The van der Waals surface area contributed by atoms with E-state index in [9.17, 15) is 0 Å². The summed E-state index contributed by atoms with van der Waals surface area (Å²) in [6.07, 6.45) is 4.14. The third-order valence-electron chi connectivity index (χ3n) is 5.29. The van der Waals surface area contributed by atoms with Crippen molar-refractivity contribution in [1.82, 2.24) is 0 Å². The normalized spacial score (nSPS) is 17.4. The van der Waals surface area contributed by atoms with E-state index in [4.69, 9.17) is 4.42 Å². The topological polar surface area (TPSA) is 31.7 Å². The summed E-state index contributed by atoms with van der Waals surface area (Å²) in [5.41, 5.74) is 11.2. The highest BCUT2D eigenvalue weighted by Crippen LogP contribution is 2.41. The minimum Gasteiger partial charge on any atom is -0.490 e. The van der Waals surface area contributed by atoms with Gasteiger partial charge in [0, 0.05) is 16.8 Å². The molecule has 0 fully saturated rings. The van der Waals surface area contributed by atoms with Gasteiger partial charge in [0.1, 0.15) is 16.9 Å². The lowest BCUT2D eigenvalue weighted by Gasteiger charge is -2.32. The molecular weight excluding hydrogens is 320 g/mol. The van der Waals surface area contributed by atoms with E-state index in [0.717, 1.165) is 33.0 Å². The van der Waals surface area contributed by atoms with Crippen LogP contribution in [0.1, 0.15) is 18.1 Å². The second-order valence-corrected chi connectivity index (χ2v) is 6.99. The van der Waals surface area contributed by atoms with Crippen LogP contribution in [0.4, 0.5) is 0 Å². The molecule has 1 aromatic heterocycles. The lowest BCUT2D eigenvalue weighted by Crippen LogP contribution is -3.01. The summed E-state index contributed by atoms with van der Waals surface area (Å²) in [4.78, 5) is 0. The molecule has 0 radical (unpaired) electrons. The predicted octanol–water partition coefficient (Wildman–Crippen LogP) is 5.11. The number of allylic oxidation sites excluding steroid dienone is 2. The van der Waals surface area contributed by atoms with Crippen LogP contribution < -0.4 is 5.01 Å². The molecule has 1 aliphatic heterocycles. The Kier molecular flexibility index (Phi) is 3.21. The summed E-state index contributed by atoms with van der Waals surface area (Å²) in [6.45, 7) is 4.27. The minimum atomic E-state index is 0.928. The summed E-state index contributed by atoms with van der Waals surface area (Å²) in [6, 6.07) is 16.9. The van der Waals surface area contributed by atoms with Crippen molar-refractivity contribution in [3.8, 4) is 0 Å². The van der Waals surface area contributed by atoms with Crippen LogP contribution in [0.5, 0.6) is 0 Å². The lowest BCUT2D eigenvalue weighted by molar-refractivity contribution is -0.757. The first-order valence-corrected chi connectivity index (χ1v) is 8.91. The molecular formula is C23H20N2O. The van der Waals surface area contributed by atoms with Gasteiger partial charge in [-0.15, -0.1) is 6.20 Å². The molecule has 0 saturated heterocycles. The Labute approximate surface area is 152 Å². The van der Waals surface area contributed by atoms with Crippen molar-refractivity contribution in [1.29, 1.82) is 0 Å². The summed E-state index contributed by atoms with van der Waals surface area (Å²) >= 11 is 0. The number of nitrogens with zero attached hydrogens (tertiary/aromatic N) is 1. The van der Waals surface area contributed by atoms with E-state index in [-0.39, 0.29) is 0 Å². The van der Waals surface area contributed by atoms with Gasteiger partial charge in [0.05, 0.1) is 12.6 Å². The third kappa shape index (κ3) is 2.04. The molecule has 4 aromatic rings. The number of aryl methyl sites for hydroxylation is 1. The number of para-hydroxylation sites is 1. The summed E-state index contributed by atoms with van der Waals surface area (Å²) in [5, 5.41) is 5.89. The van der Waals surface area contributed by atoms with Crippen molar-refractivity contribution < 1.29 is 9.43 Å². The van der Waals surface area contributed by atoms with Gasteiger partial charge in [-0.1, -0.05) is 48.0 Å². The first-order chi connectivity index (χ1) is 12.6. The van der Waals surface area contributed by atoms with E-state index in [2.05, 4.69) is 68.8 Å². The molecule has 1 unspecified atom stereocenters. The number of hydrogen-bond donors (Lipinski definition) is 1. The third-order valence-corrected chi connectivity index (χ3v) is 5.29. The molecule has 0 spiro atoms. The number of hydrogen-bond acceptors (Lipinski definition) is 1. The van der Waals surface area contributed by atoms with Crippen LogP contribution in [0, 0.1) is 6.92 Å². The lowest BCUT2D eigenvalue weighted by atomic mass is 9.92.